The molecule has 0 aliphatic carbocycles. The summed E-state index contributed by atoms with van der Waals surface area (Å²) in [7, 11) is 0. The van der Waals surface area contributed by atoms with E-state index < -0.39 is 30.0 Å². The molecule has 0 bridgehead atoms. The van der Waals surface area contributed by atoms with Crippen molar-refractivity contribution in [1.82, 2.24) is 5.48 Å². The minimum absolute atomic E-state index is 0.0794. The van der Waals surface area contributed by atoms with E-state index in [-0.39, 0.29) is 24.2 Å². The summed E-state index contributed by atoms with van der Waals surface area (Å²) in [5.74, 6) is -1.74. The Morgan fingerprint density at radius 3 is 2.71 bits per heavy atom. The number of benzene rings is 2. The summed E-state index contributed by atoms with van der Waals surface area (Å²) < 4.78 is 53.0. The van der Waals surface area contributed by atoms with Crippen LogP contribution in [0.5, 0.6) is 0 Å². The van der Waals surface area contributed by atoms with Crippen molar-refractivity contribution in [2.75, 3.05) is 19.9 Å². The monoisotopic (exact) mass is 393 g/mol. The molecule has 2 aromatic carbocycles. The standard InChI is InChI=1S/C21H22F3NO3/c22-10-20-18-9-16(12-26-11-14-4-2-1-3-5-14)27-13-21(18,25-28-20)17-7-6-15(23)8-19(17)24/h1-8,16,18,20,25H,9-13H2/t16-,18+,20+,21-/m1/s1. The van der Waals surface area contributed by atoms with Gasteiger partial charge < -0.3 is 9.47 Å². The molecule has 2 aromatic rings. The van der Waals surface area contributed by atoms with Gasteiger partial charge in [-0.2, -0.15) is 5.48 Å². The molecule has 2 heterocycles. The molecule has 4 rings (SSSR count). The van der Waals surface area contributed by atoms with E-state index in [9.17, 15) is 13.2 Å². The fourth-order valence-electron chi connectivity index (χ4n) is 4.07. The Balaban J connectivity index is 1.47. The molecular weight excluding hydrogens is 371 g/mol. The lowest BCUT2D eigenvalue weighted by Gasteiger charge is -2.42. The first-order valence-corrected chi connectivity index (χ1v) is 9.30. The lowest BCUT2D eigenvalue weighted by atomic mass is 9.73. The van der Waals surface area contributed by atoms with Crippen LogP contribution in [0, 0.1) is 17.6 Å². The van der Waals surface area contributed by atoms with E-state index in [4.69, 9.17) is 14.3 Å². The minimum Gasteiger partial charge on any atom is -0.374 e. The molecule has 0 amide bonds. The zero-order valence-electron chi connectivity index (χ0n) is 15.2. The van der Waals surface area contributed by atoms with Crippen molar-refractivity contribution in [3.8, 4) is 0 Å². The van der Waals surface area contributed by atoms with Gasteiger partial charge in [0.2, 0.25) is 0 Å². The average molecular weight is 393 g/mol. The molecule has 0 spiro atoms. The summed E-state index contributed by atoms with van der Waals surface area (Å²) in [6, 6.07) is 13.1. The van der Waals surface area contributed by atoms with Crippen molar-refractivity contribution in [2.24, 2.45) is 5.92 Å². The van der Waals surface area contributed by atoms with Crippen molar-refractivity contribution in [2.45, 2.75) is 30.8 Å². The van der Waals surface area contributed by atoms with E-state index in [2.05, 4.69) is 5.48 Å². The number of rotatable bonds is 6. The van der Waals surface area contributed by atoms with E-state index in [1.54, 1.807) is 0 Å². The predicted molar refractivity (Wildman–Crippen MR) is 96.0 cm³/mol. The summed E-state index contributed by atoms with van der Waals surface area (Å²) >= 11 is 0. The van der Waals surface area contributed by atoms with Crippen LogP contribution >= 0.6 is 0 Å². The van der Waals surface area contributed by atoms with Gasteiger partial charge in [0.15, 0.2) is 0 Å². The van der Waals surface area contributed by atoms with Gasteiger partial charge in [0.1, 0.15) is 24.4 Å². The number of hydrogen-bond donors (Lipinski definition) is 1. The van der Waals surface area contributed by atoms with Crippen LogP contribution < -0.4 is 5.48 Å². The highest BCUT2D eigenvalue weighted by atomic mass is 19.1. The number of nitrogens with one attached hydrogen (secondary N) is 1. The van der Waals surface area contributed by atoms with Gasteiger partial charge in [-0.3, -0.25) is 4.84 Å². The molecular formula is C21H22F3NO3. The highest BCUT2D eigenvalue weighted by Gasteiger charge is 2.55. The first kappa shape index (κ1) is 19.4. The molecule has 4 nitrogen and oxygen atoms in total. The molecule has 2 aliphatic rings. The Bertz CT molecular complexity index is 807. The highest BCUT2D eigenvalue weighted by molar-refractivity contribution is 5.30. The van der Waals surface area contributed by atoms with Gasteiger partial charge in [0.25, 0.3) is 0 Å². The first-order chi connectivity index (χ1) is 13.6. The van der Waals surface area contributed by atoms with Gasteiger partial charge >= 0.3 is 0 Å². The Kier molecular flexibility index (Phi) is 5.68. The Labute approximate surface area is 161 Å². The summed E-state index contributed by atoms with van der Waals surface area (Å²) in [5, 5.41) is 0. The zero-order valence-corrected chi connectivity index (χ0v) is 15.2. The molecule has 28 heavy (non-hydrogen) atoms. The van der Waals surface area contributed by atoms with Crippen molar-refractivity contribution < 1.29 is 27.5 Å². The van der Waals surface area contributed by atoms with Gasteiger partial charge in [-0.15, -0.1) is 0 Å². The van der Waals surface area contributed by atoms with Gasteiger partial charge in [-0.05, 0) is 18.1 Å². The minimum atomic E-state index is -1.05. The third-order valence-corrected chi connectivity index (χ3v) is 5.52. The second-order valence-corrected chi connectivity index (χ2v) is 7.28. The highest BCUT2D eigenvalue weighted by Crippen LogP contribution is 2.45. The van der Waals surface area contributed by atoms with Crippen LogP contribution in [0.3, 0.4) is 0 Å². The molecule has 0 aromatic heterocycles. The van der Waals surface area contributed by atoms with Crippen LogP contribution in [-0.2, 0) is 26.5 Å². The van der Waals surface area contributed by atoms with Crippen molar-refractivity contribution in [3.05, 3.63) is 71.3 Å². The second-order valence-electron chi connectivity index (χ2n) is 7.28. The third kappa shape index (κ3) is 3.67. The zero-order chi connectivity index (χ0) is 19.6. The van der Waals surface area contributed by atoms with Crippen LogP contribution in [0.1, 0.15) is 17.5 Å². The quantitative estimate of drug-likeness (QED) is 0.813. The summed E-state index contributed by atoms with van der Waals surface area (Å²) in [6.45, 7) is 0.159. The molecule has 2 saturated heterocycles. The van der Waals surface area contributed by atoms with Gasteiger partial charge in [0, 0.05) is 17.5 Å². The van der Waals surface area contributed by atoms with Gasteiger partial charge in [0.05, 0.1) is 31.5 Å². The molecule has 2 fully saturated rings. The number of ether oxygens (including phenoxy) is 2. The van der Waals surface area contributed by atoms with Gasteiger partial charge in [-0.1, -0.05) is 36.4 Å². The smallest absolute Gasteiger partial charge is 0.131 e. The third-order valence-electron chi connectivity index (χ3n) is 5.52. The van der Waals surface area contributed by atoms with E-state index in [0.717, 1.165) is 11.6 Å². The largest absolute Gasteiger partial charge is 0.374 e. The van der Waals surface area contributed by atoms with Crippen LogP contribution in [0.4, 0.5) is 13.2 Å². The van der Waals surface area contributed by atoms with Crippen molar-refractivity contribution in [1.29, 1.82) is 0 Å². The fraction of sp³-hybridized carbons (Fsp3) is 0.429. The number of hydrogen-bond acceptors (Lipinski definition) is 4. The van der Waals surface area contributed by atoms with E-state index in [1.807, 2.05) is 30.3 Å². The lowest BCUT2D eigenvalue weighted by Crippen LogP contribution is -2.53. The van der Waals surface area contributed by atoms with Crippen LogP contribution in [0.15, 0.2) is 48.5 Å². The number of fused-ring (bicyclic) bond motifs is 1. The fourth-order valence-corrected chi connectivity index (χ4v) is 4.07. The molecule has 4 atom stereocenters. The summed E-state index contributed by atoms with van der Waals surface area (Å²) in [6.07, 6.45) is -0.555. The molecule has 150 valence electrons. The van der Waals surface area contributed by atoms with E-state index in [0.29, 0.717) is 19.6 Å². The topological polar surface area (TPSA) is 39.7 Å². The number of alkyl halides is 1. The second kappa shape index (κ2) is 8.21. The molecule has 0 saturated carbocycles. The molecule has 1 N–H and O–H groups in total. The Hall–Kier alpha value is -1.93. The maximum Gasteiger partial charge on any atom is 0.131 e. The maximum absolute atomic E-state index is 14.5. The molecule has 7 heteroatoms. The van der Waals surface area contributed by atoms with Crippen LogP contribution in [-0.4, -0.2) is 32.1 Å². The maximum atomic E-state index is 14.5. The van der Waals surface area contributed by atoms with Gasteiger partial charge in [-0.25, -0.2) is 13.2 Å². The predicted octanol–water partition coefficient (Wildman–Crippen LogP) is 3.65. The molecule has 2 aliphatic heterocycles. The van der Waals surface area contributed by atoms with Crippen molar-refractivity contribution in [3.63, 3.8) is 0 Å². The van der Waals surface area contributed by atoms with Crippen molar-refractivity contribution >= 4 is 0 Å². The SMILES string of the molecule is FC[C@@H]1ON[C@@]2(c3ccc(F)cc3F)CO[C@@H](COCc3ccccc3)C[C@@H]12. The summed E-state index contributed by atoms with van der Waals surface area (Å²) in [4.78, 5) is 5.41. The Morgan fingerprint density at radius 1 is 1.14 bits per heavy atom. The first-order valence-electron chi connectivity index (χ1n) is 9.30. The number of hydroxylamine groups is 1. The average Bonchev–Trinajstić information content (AvgIpc) is 3.07. The van der Waals surface area contributed by atoms with E-state index >= 15 is 0 Å². The Morgan fingerprint density at radius 2 is 1.96 bits per heavy atom. The van der Waals surface area contributed by atoms with E-state index in [1.165, 1.54) is 12.1 Å². The normalized spacial score (nSPS) is 29.6. The van der Waals surface area contributed by atoms with Crippen LogP contribution in [0.2, 0.25) is 0 Å². The summed E-state index contributed by atoms with van der Waals surface area (Å²) in [5.41, 5.74) is 3.00. The number of halogens is 3. The lowest BCUT2D eigenvalue weighted by molar-refractivity contribution is -0.100. The molecule has 0 radical (unpaired) electrons. The molecule has 0 unspecified atom stereocenters. The van der Waals surface area contributed by atoms with Crippen LogP contribution in [0.25, 0.3) is 0 Å².